The summed E-state index contributed by atoms with van der Waals surface area (Å²) in [5, 5.41) is 6.78. The Morgan fingerprint density at radius 3 is 2.73 bits per heavy atom. The number of hydrogen-bond donors (Lipinski definition) is 2. The van der Waals surface area contributed by atoms with Gasteiger partial charge in [0.15, 0.2) is 5.82 Å². The SMILES string of the molecule is CC(N)CCC(=O)NC(C)c1noc(Cc2ccccc2)n1. The van der Waals surface area contributed by atoms with Crippen LogP contribution in [0, 0.1) is 0 Å². The summed E-state index contributed by atoms with van der Waals surface area (Å²) < 4.78 is 5.24. The number of aromatic nitrogens is 2. The van der Waals surface area contributed by atoms with E-state index in [1.54, 1.807) is 0 Å². The minimum Gasteiger partial charge on any atom is -0.346 e. The molecule has 0 bridgehead atoms. The van der Waals surface area contributed by atoms with Crippen LogP contribution in [0.1, 0.15) is 50.0 Å². The van der Waals surface area contributed by atoms with Gasteiger partial charge in [0.1, 0.15) is 0 Å². The lowest BCUT2D eigenvalue weighted by molar-refractivity contribution is -0.121. The van der Waals surface area contributed by atoms with Crippen LogP contribution in [0.4, 0.5) is 0 Å². The summed E-state index contributed by atoms with van der Waals surface area (Å²) in [6, 6.07) is 9.63. The fourth-order valence-corrected chi connectivity index (χ4v) is 2.02. The molecule has 1 aromatic heterocycles. The summed E-state index contributed by atoms with van der Waals surface area (Å²) in [7, 11) is 0. The van der Waals surface area contributed by atoms with Crippen LogP contribution in [-0.2, 0) is 11.2 Å². The van der Waals surface area contributed by atoms with Crippen LogP contribution in [0.2, 0.25) is 0 Å². The highest BCUT2D eigenvalue weighted by Crippen LogP contribution is 2.12. The van der Waals surface area contributed by atoms with Gasteiger partial charge in [0.25, 0.3) is 0 Å². The van der Waals surface area contributed by atoms with Gasteiger partial charge in [-0.2, -0.15) is 4.98 Å². The van der Waals surface area contributed by atoms with E-state index in [9.17, 15) is 4.79 Å². The lowest BCUT2D eigenvalue weighted by Gasteiger charge is -2.10. The third-order valence-electron chi connectivity index (χ3n) is 3.27. The van der Waals surface area contributed by atoms with Crippen molar-refractivity contribution in [1.29, 1.82) is 0 Å². The number of carbonyl (C=O) groups excluding carboxylic acids is 1. The first-order valence-corrected chi connectivity index (χ1v) is 7.46. The first-order valence-electron chi connectivity index (χ1n) is 7.46. The normalized spacial score (nSPS) is 13.6. The second-order valence-electron chi connectivity index (χ2n) is 5.51. The fraction of sp³-hybridized carbons (Fsp3) is 0.438. The first-order chi connectivity index (χ1) is 10.5. The van der Waals surface area contributed by atoms with Crippen LogP contribution < -0.4 is 11.1 Å². The molecule has 0 spiro atoms. The Labute approximate surface area is 130 Å². The van der Waals surface area contributed by atoms with Crippen LogP contribution in [0.25, 0.3) is 0 Å². The Hall–Kier alpha value is -2.21. The second kappa shape index (κ2) is 7.70. The number of hydrogen-bond acceptors (Lipinski definition) is 5. The van der Waals surface area contributed by atoms with Crippen molar-refractivity contribution in [2.45, 2.75) is 45.2 Å². The minimum atomic E-state index is -0.283. The van der Waals surface area contributed by atoms with Gasteiger partial charge in [0.2, 0.25) is 11.8 Å². The van der Waals surface area contributed by atoms with E-state index in [4.69, 9.17) is 10.3 Å². The molecule has 22 heavy (non-hydrogen) atoms. The average Bonchev–Trinajstić information content (AvgIpc) is 2.95. The van der Waals surface area contributed by atoms with Crippen molar-refractivity contribution in [3.8, 4) is 0 Å². The fourth-order valence-electron chi connectivity index (χ4n) is 2.02. The monoisotopic (exact) mass is 302 g/mol. The van der Waals surface area contributed by atoms with Crippen LogP contribution in [0.5, 0.6) is 0 Å². The van der Waals surface area contributed by atoms with E-state index in [0.717, 1.165) is 5.56 Å². The summed E-state index contributed by atoms with van der Waals surface area (Å²) in [6.45, 7) is 3.71. The van der Waals surface area contributed by atoms with Crippen molar-refractivity contribution < 1.29 is 9.32 Å². The molecule has 0 fully saturated rings. The lowest BCUT2D eigenvalue weighted by Crippen LogP contribution is -2.28. The van der Waals surface area contributed by atoms with E-state index in [0.29, 0.717) is 31.0 Å². The van der Waals surface area contributed by atoms with E-state index in [-0.39, 0.29) is 18.0 Å². The molecular formula is C16H22N4O2. The van der Waals surface area contributed by atoms with E-state index in [1.165, 1.54) is 0 Å². The van der Waals surface area contributed by atoms with Gasteiger partial charge >= 0.3 is 0 Å². The zero-order chi connectivity index (χ0) is 15.9. The van der Waals surface area contributed by atoms with E-state index in [2.05, 4.69) is 15.5 Å². The number of nitrogens with one attached hydrogen (secondary N) is 1. The highest BCUT2D eigenvalue weighted by Gasteiger charge is 2.16. The number of nitrogens with two attached hydrogens (primary N) is 1. The molecule has 2 aromatic rings. The maximum absolute atomic E-state index is 11.8. The summed E-state index contributed by atoms with van der Waals surface area (Å²) >= 11 is 0. The van der Waals surface area contributed by atoms with Crippen molar-refractivity contribution in [2.24, 2.45) is 5.73 Å². The first kappa shape index (κ1) is 16.2. The topological polar surface area (TPSA) is 94.0 Å². The smallest absolute Gasteiger partial charge is 0.231 e. The largest absolute Gasteiger partial charge is 0.346 e. The van der Waals surface area contributed by atoms with E-state index in [1.807, 2.05) is 44.2 Å². The van der Waals surface area contributed by atoms with Gasteiger partial charge in [-0.3, -0.25) is 4.79 Å². The highest BCUT2D eigenvalue weighted by atomic mass is 16.5. The van der Waals surface area contributed by atoms with Crippen molar-refractivity contribution in [2.75, 3.05) is 0 Å². The predicted octanol–water partition coefficient (Wildman–Crippen LogP) is 1.96. The molecule has 1 amide bonds. The zero-order valence-corrected chi connectivity index (χ0v) is 13.0. The van der Waals surface area contributed by atoms with Crippen LogP contribution >= 0.6 is 0 Å². The molecule has 2 unspecified atom stereocenters. The number of nitrogens with zero attached hydrogens (tertiary/aromatic N) is 2. The van der Waals surface area contributed by atoms with Crippen molar-refractivity contribution in [3.05, 3.63) is 47.6 Å². The van der Waals surface area contributed by atoms with Crippen LogP contribution in [0.15, 0.2) is 34.9 Å². The third-order valence-corrected chi connectivity index (χ3v) is 3.27. The average molecular weight is 302 g/mol. The molecule has 118 valence electrons. The lowest BCUT2D eigenvalue weighted by atomic mass is 10.1. The Morgan fingerprint density at radius 2 is 2.05 bits per heavy atom. The summed E-state index contributed by atoms with van der Waals surface area (Å²) in [6.07, 6.45) is 1.64. The van der Waals surface area contributed by atoms with E-state index >= 15 is 0 Å². The molecule has 0 radical (unpaired) electrons. The Kier molecular flexibility index (Phi) is 5.66. The van der Waals surface area contributed by atoms with Gasteiger partial charge in [-0.25, -0.2) is 0 Å². The quantitative estimate of drug-likeness (QED) is 0.815. The standard InChI is InChI=1S/C16H22N4O2/c1-11(17)8-9-14(21)18-12(2)16-19-15(22-20-16)10-13-6-4-3-5-7-13/h3-7,11-12H,8-10,17H2,1-2H3,(H,18,21). The maximum atomic E-state index is 11.8. The molecule has 2 atom stereocenters. The number of carbonyl (C=O) groups is 1. The molecule has 0 aliphatic heterocycles. The molecule has 0 aliphatic carbocycles. The van der Waals surface area contributed by atoms with Gasteiger partial charge in [-0.1, -0.05) is 35.5 Å². The molecule has 0 aliphatic rings. The second-order valence-corrected chi connectivity index (χ2v) is 5.51. The Morgan fingerprint density at radius 1 is 1.32 bits per heavy atom. The summed E-state index contributed by atoms with van der Waals surface area (Å²) in [5.41, 5.74) is 6.74. The predicted molar refractivity (Wildman–Crippen MR) is 83.0 cm³/mol. The molecule has 6 heteroatoms. The summed E-state index contributed by atoms with van der Waals surface area (Å²) in [5.74, 6) is 0.970. The number of amides is 1. The van der Waals surface area contributed by atoms with Gasteiger partial charge in [-0.05, 0) is 25.8 Å². The number of benzene rings is 1. The molecule has 2 rings (SSSR count). The molecule has 3 N–H and O–H groups in total. The van der Waals surface area contributed by atoms with Crippen molar-refractivity contribution >= 4 is 5.91 Å². The van der Waals surface area contributed by atoms with Crippen molar-refractivity contribution in [3.63, 3.8) is 0 Å². The molecular weight excluding hydrogens is 280 g/mol. The van der Waals surface area contributed by atoms with Crippen LogP contribution in [0.3, 0.4) is 0 Å². The number of rotatable bonds is 7. The molecule has 6 nitrogen and oxygen atoms in total. The maximum Gasteiger partial charge on any atom is 0.231 e. The Bertz CT molecular complexity index is 595. The third kappa shape index (κ3) is 4.96. The van der Waals surface area contributed by atoms with Gasteiger partial charge < -0.3 is 15.6 Å². The Balaban J connectivity index is 1.89. The highest BCUT2D eigenvalue weighted by molar-refractivity contribution is 5.76. The minimum absolute atomic E-state index is 0.0173. The van der Waals surface area contributed by atoms with Gasteiger partial charge in [0, 0.05) is 12.5 Å². The zero-order valence-electron chi connectivity index (χ0n) is 13.0. The molecule has 0 saturated heterocycles. The summed E-state index contributed by atoms with van der Waals surface area (Å²) in [4.78, 5) is 16.1. The van der Waals surface area contributed by atoms with Gasteiger partial charge in [0.05, 0.1) is 12.5 Å². The molecule has 1 aromatic carbocycles. The van der Waals surface area contributed by atoms with Crippen LogP contribution in [-0.4, -0.2) is 22.1 Å². The molecule has 1 heterocycles. The van der Waals surface area contributed by atoms with Gasteiger partial charge in [-0.15, -0.1) is 0 Å². The van der Waals surface area contributed by atoms with E-state index < -0.39 is 0 Å². The van der Waals surface area contributed by atoms with Crippen molar-refractivity contribution in [1.82, 2.24) is 15.5 Å². The molecule has 0 saturated carbocycles.